The standard InChI is InChI=1S/C11H7BrIN3O3/c12-10-5-9(19-11(10)13)6-14-15-7-1-3-8(4-2-7)16(17)18/h1-6,15H/b14-6+. The quantitative estimate of drug-likeness (QED) is 0.340. The second-order valence-corrected chi connectivity index (χ2v) is 5.28. The van der Waals surface area contributed by atoms with Gasteiger partial charge in [0.25, 0.3) is 5.69 Å². The molecule has 0 unspecified atom stereocenters. The molecule has 0 spiro atoms. The highest BCUT2D eigenvalue weighted by molar-refractivity contribution is 14.1. The van der Waals surface area contributed by atoms with Crippen LogP contribution < -0.4 is 5.43 Å². The van der Waals surface area contributed by atoms with Gasteiger partial charge in [-0.1, -0.05) is 0 Å². The Hall–Kier alpha value is -1.42. The van der Waals surface area contributed by atoms with Gasteiger partial charge in [-0.2, -0.15) is 5.10 Å². The molecule has 1 aromatic carbocycles. The summed E-state index contributed by atoms with van der Waals surface area (Å²) in [5, 5.41) is 14.5. The first-order chi connectivity index (χ1) is 9.06. The van der Waals surface area contributed by atoms with Crippen molar-refractivity contribution in [2.75, 3.05) is 5.43 Å². The molecule has 0 saturated carbocycles. The van der Waals surface area contributed by atoms with E-state index in [2.05, 4.69) is 49.0 Å². The van der Waals surface area contributed by atoms with E-state index in [1.54, 1.807) is 18.2 Å². The highest BCUT2D eigenvalue weighted by atomic mass is 127. The summed E-state index contributed by atoms with van der Waals surface area (Å²) in [6, 6.07) is 7.77. The Labute approximate surface area is 130 Å². The van der Waals surface area contributed by atoms with Crippen molar-refractivity contribution in [3.05, 3.63) is 54.4 Å². The number of anilines is 1. The molecule has 1 heterocycles. The summed E-state index contributed by atoms with van der Waals surface area (Å²) in [5.41, 5.74) is 3.45. The summed E-state index contributed by atoms with van der Waals surface area (Å²) in [6.07, 6.45) is 1.52. The van der Waals surface area contributed by atoms with E-state index in [9.17, 15) is 10.1 Å². The largest absolute Gasteiger partial charge is 0.448 e. The van der Waals surface area contributed by atoms with Crippen molar-refractivity contribution in [1.82, 2.24) is 0 Å². The molecule has 0 aliphatic heterocycles. The number of benzene rings is 1. The topological polar surface area (TPSA) is 80.7 Å². The molecule has 0 aliphatic rings. The number of nitrogens with one attached hydrogen (secondary N) is 1. The van der Waals surface area contributed by atoms with Crippen molar-refractivity contribution in [3.63, 3.8) is 0 Å². The van der Waals surface area contributed by atoms with E-state index in [-0.39, 0.29) is 5.69 Å². The van der Waals surface area contributed by atoms with Crippen LogP contribution in [0.5, 0.6) is 0 Å². The van der Waals surface area contributed by atoms with Crippen molar-refractivity contribution in [2.45, 2.75) is 0 Å². The number of hydrogen-bond donors (Lipinski definition) is 1. The minimum atomic E-state index is -0.449. The number of hydrogen-bond acceptors (Lipinski definition) is 5. The van der Waals surface area contributed by atoms with Crippen LogP contribution in [0.25, 0.3) is 0 Å². The van der Waals surface area contributed by atoms with Gasteiger partial charge in [0.15, 0.2) is 3.77 Å². The van der Waals surface area contributed by atoms with E-state index >= 15 is 0 Å². The zero-order valence-corrected chi connectivity index (χ0v) is 13.1. The Morgan fingerprint density at radius 1 is 1.42 bits per heavy atom. The monoisotopic (exact) mass is 435 g/mol. The minimum Gasteiger partial charge on any atom is -0.448 e. The summed E-state index contributed by atoms with van der Waals surface area (Å²) in [5.74, 6) is 0.602. The maximum absolute atomic E-state index is 10.5. The van der Waals surface area contributed by atoms with Crippen LogP contribution >= 0.6 is 38.5 Å². The van der Waals surface area contributed by atoms with Gasteiger partial charge >= 0.3 is 0 Å². The average Bonchev–Trinajstić information content (AvgIpc) is 2.69. The fourth-order valence-corrected chi connectivity index (χ4v) is 1.97. The smallest absolute Gasteiger partial charge is 0.269 e. The summed E-state index contributed by atoms with van der Waals surface area (Å²) < 4.78 is 6.97. The number of furan rings is 1. The molecule has 0 radical (unpaired) electrons. The van der Waals surface area contributed by atoms with Gasteiger partial charge < -0.3 is 4.42 Å². The second-order valence-electron chi connectivity index (χ2n) is 3.44. The number of nitro groups is 1. The van der Waals surface area contributed by atoms with Crippen molar-refractivity contribution in [1.29, 1.82) is 0 Å². The zero-order valence-electron chi connectivity index (χ0n) is 9.34. The Balaban J connectivity index is 2.00. The molecule has 8 heteroatoms. The van der Waals surface area contributed by atoms with Crippen LogP contribution in [0.4, 0.5) is 11.4 Å². The molecule has 0 fully saturated rings. The number of hydrazone groups is 1. The molecule has 0 atom stereocenters. The van der Waals surface area contributed by atoms with Crippen LogP contribution in [0.2, 0.25) is 0 Å². The lowest BCUT2D eigenvalue weighted by Gasteiger charge is -1.98. The van der Waals surface area contributed by atoms with Crippen LogP contribution in [-0.2, 0) is 0 Å². The van der Waals surface area contributed by atoms with Gasteiger partial charge in [0.1, 0.15) is 5.76 Å². The molecule has 0 aliphatic carbocycles. The Kier molecular flexibility index (Phi) is 4.53. The normalized spacial score (nSPS) is 10.8. The summed E-state index contributed by atoms with van der Waals surface area (Å²) in [4.78, 5) is 10.0. The minimum absolute atomic E-state index is 0.0408. The van der Waals surface area contributed by atoms with Gasteiger partial charge in [0, 0.05) is 40.8 Å². The first-order valence-electron chi connectivity index (χ1n) is 5.04. The predicted octanol–water partition coefficient (Wildman–Crippen LogP) is 4.00. The fourth-order valence-electron chi connectivity index (χ4n) is 1.26. The molecule has 2 aromatic rings. The molecule has 1 aromatic heterocycles. The van der Waals surface area contributed by atoms with E-state index in [1.807, 2.05) is 0 Å². The Morgan fingerprint density at radius 3 is 2.63 bits per heavy atom. The Morgan fingerprint density at radius 2 is 2.11 bits per heavy atom. The molecule has 0 amide bonds. The first kappa shape index (κ1) is 14.0. The molecule has 98 valence electrons. The van der Waals surface area contributed by atoms with Crippen LogP contribution in [0.15, 0.2) is 44.3 Å². The van der Waals surface area contributed by atoms with E-state index in [1.165, 1.54) is 18.3 Å². The van der Waals surface area contributed by atoms with Crippen molar-refractivity contribution in [2.24, 2.45) is 5.10 Å². The van der Waals surface area contributed by atoms with Gasteiger partial charge in [-0.3, -0.25) is 15.5 Å². The lowest BCUT2D eigenvalue weighted by Crippen LogP contribution is -1.91. The van der Waals surface area contributed by atoms with E-state index in [4.69, 9.17) is 4.42 Å². The highest BCUT2D eigenvalue weighted by Gasteiger charge is 2.04. The van der Waals surface area contributed by atoms with Gasteiger partial charge in [-0.05, 0) is 28.1 Å². The molecule has 1 N–H and O–H groups in total. The number of non-ortho nitro benzene ring substituents is 1. The average molecular weight is 436 g/mol. The van der Waals surface area contributed by atoms with E-state index in [0.717, 1.165) is 8.24 Å². The van der Waals surface area contributed by atoms with Crippen LogP contribution in [-0.4, -0.2) is 11.1 Å². The molecule has 19 heavy (non-hydrogen) atoms. The lowest BCUT2D eigenvalue weighted by molar-refractivity contribution is -0.384. The first-order valence-corrected chi connectivity index (χ1v) is 6.92. The molecule has 0 saturated heterocycles. The summed E-state index contributed by atoms with van der Waals surface area (Å²) >= 11 is 5.39. The highest BCUT2D eigenvalue weighted by Crippen LogP contribution is 2.22. The lowest BCUT2D eigenvalue weighted by atomic mass is 10.3. The van der Waals surface area contributed by atoms with Gasteiger partial charge in [0.05, 0.1) is 21.3 Å². The van der Waals surface area contributed by atoms with Gasteiger partial charge in [0.2, 0.25) is 0 Å². The predicted molar refractivity (Wildman–Crippen MR) is 83.4 cm³/mol. The second kappa shape index (κ2) is 6.15. The SMILES string of the molecule is O=[N+]([O-])c1ccc(N/N=C/c2cc(Br)c(I)o2)cc1. The molecular formula is C11H7BrIN3O3. The molecule has 0 bridgehead atoms. The van der Waals surface area contributed by atoms with Crippen LogP contribution in [0.3, 0.4) is 0 Å². The molecular weight excluding hydrogens is 429 g/mol. The molecule has 6 nitrogen and oxygen atoms in total. The third-order valence-corrected chi connectivity index (χ3v) is 4.26. The third-order valence-electron chi connectivity index (χ3n) is 2.13. The third kappa shape index (κ3) is 3.77. The van der Waals surface area contributed by atoms with Crippen molar-refractivity contribution >= 4 is 56.1 Å². The maximum atomic E-state index is 10.5. The number of nitrogens with zero attached hydrogens (tertiary/aromatic N) is 2. The van der Waals surface area contributed by atoms with Crippen molar-refractivity contribution in [3.8, 4) is 0 Å². The van der Waals surface area contributed by atoms with Crippen molar-refractivity contribution < 1.29 is 9.34 Å². The van der Waals surface area contributed by atoms with Gasteiger partial charge in [-0.25, -0.2) is 0 Å². The van der Waals surface area contributed by atoms with Crippen LogP contribution in [0, 0.1) is 13.9 Å². The fraction of sp³-hybridized carbons (Fsp3) is 0. The maximum Gasteiger partial charge on any atom is 0.269 e. The summed E-state index contributed by atoms with van der Waals surface area (Å²) in [6.45, 7) is 0. The number of rotatable bonds is 4. The van der Waals surface area contributed by atoms with Gasteiger partial charge in [-0.15, -0.1) is 0 Å². The summed E-state index contributed by atoms with van der Waals surface area (Å²) in [7, 11) is 0. The zero-order chi connectivity index (χ0) is 13.8. The van der Waals surface area contributed by atoms with E-state index in [0.29, 0.717) is 11.4 Å². The Bertz CT molecular complexity index is 605. The van der Waals surface area contributed by atoms with Crippen LogP contribution in [0.1, 0.15) is 5.76 Å². The number of nitro benzene ring substituents is 1. The molecule has 2 rings (SSSR count). The van der Waals surface area contributed by atoms with E-state index < -0.39 is 4.92 Å². The number of halogens is 2.